The Hall–Kier alpha value is -2.91. The molecule has 0 aliphatic carbocycles. The number of hydrogen-bond donors (Lipinski definition) is 1. The van der Waals surface area contributed by atoms with Gasteiger partial charge >= 0.3 is 11.9 Å². The molecular formula is C17H17NO7S. The molecule has 0 fully saturated rings. The summed E-state index contributed by atoms with van der Waals surface area (Å²) in [5.74, 6) is -1.31. The van der Waals surface area contributed by atoms with E-state index in [1.54, 1.807) is 30.3 Å². The van der Waals surface area contributed by atoms with Crippen LogP contribution in [-0.2, 0) is 19.5 Å². The minimum Gasteiger partial charge on any atom is -0.495 e. The molecule has 0 heterocycles. The fourth-order valence-corrected chi connectivity index (χ4v) is 2.76. The normalized spacial score (nSPS) is 10.8. The monoisotopic (exact) mass is 379 g/mol. The van der Waals surface area contributed by atoms with Crippen molar-refractivity contribution in [1.29, 1.82) is 0 Å². The second-order valence-corrected chi connectivity index (χ2v) is 6.58. The van der Waals surface area contributed by atoms with E-state index in [1.807, 2.05) is 0 Å². The van der Waals surface area contributed by atoms with Gasteiger partial charge in [0.2, 0.25) is 10.0 Å². The van der Waals surface area contributed by atoms with Gasteiger partial charge in [0.15, 0.2) is 0 Å². The second-order valence-electron chi connectivity index (χ2n) is 5.05. The van der Waals surface area contributed by atoms with Crippen LogP contribution in [0.25, 0.3) is 0 Å². The van der Waals surface area contributed by atoms with Crippen molar-refractivity contribution in [3.05, 3.63) is 59.7 Å². The molecule has 0 saturated carbocycles. The van der Waals surface area contributed by atoms with Gasteiger partial charge in [-0.05, 0) is 30.3 Å². The van der Waals surface area contributed by atoms with Crippen molar-refractivity contribution in [2.45, 2.75) is 4.90 Å². The SMILES string of the molecule is COc1ccc(C(=O)OCCOC(=O)c2ccccc2)cc1S(N)(=O)=O. The van der Waals surface area contributed by atoms with Crippen molar-refractivity contribution in [2.75, 3.05) is 20.3 Å². The Bertz CT molecular complexity index is 895. The summed E-state index contributed by atoms with van der Waals surface area (Å²) >= 11 is 0. The lowest BCUT2D eigenvalue weighted by atomic mass is 10.2. The summed E-state index contributed by atoms with van der Waals surface area (Å²) in [6.45, 7) is -0.328. The molecule has 138 valence electrons. The maximum atomic E-state index is 12.0. The highest BCUT2D eigenvalue weighted by Gasteiger charge is 2.18. The van der Waals surface area contributed by atoms with Crippen LogP contribution in [0.2, 0.25) is 0 Å². The highest BCUT2D eigenvalue weighted by molar-refractivity contribution is 7.89. The molecule has 8 nitrogen and oxygen atoms in total. The smallest absolute Gasteiger partial charge is 0.338 e. The third-order valence-corrected chi connectivity index (χ3v) is 4.20. The molecule has 2 rings (SSSR count). The van der Waals surface area contributed by atoms with Gasteiger partial charge in [-0.15, -0.1) is 0 Å². The minimum atomic E-state index is -4.07. The van der Waals surface area contributed by atoms with E-state index < -0.39 is 22.0 Å². The molecule has 0 bridgehead atoms. The predicted octanol–water partition coefficient (Wildman–Crippen LogP) is 1.36. The number of hydrogen-bond acceptors (Lipinski definition) is 7. The highest BCUT2D eigenvalue weighted by Crippen LogP contribution is 2.24. The van der Waals surface area contributed by atoms with Crippen LogP contribution in [0.15, 0.2) is 53.4 Å². The fourth-order valence-electron chi connectivity index (χ4n) is 2.04. The van der Waals surface area contributed by atoms with Gasteiger partial charge in [-0.2, -0.15) is 0 Å². The summed E-state index contributed by atoms with van der Waals surface area (Å²) in [6.07, 6.45) is 0. The van der Waals surface area contributed by atoms with Crippen LogP contribution < -0.4 is 9.88 Å². The second kappa shape index (κ2) is 8.45. The molecule has 2 N–H and O–H groups in total. The molecule has 0 aliphatic heterocycles. The first kappa shape index (κ1) is 19.4. The quantitative estimate of drug-likeness (QED) is 0.569. The van der Waals surface area contributed by atoms with E-state index in [9.17, 15) is 18.0 Å². The molecule has 2 aromatic rings. The molecule has 0 aliphatic rings. The highest BCUT2D eigenvalue weighted by atomic mass is 32.2. The molecule has 0 amide bonds. The standard InChI is InChI=1S/C17H17NO7S/c1-23-14-8-7-13(11-15(14)26(18,21)22)17(20)25-10-9-24-16(19)12-5-3-2-4-6-12/h2-8,11H,9-10H2,1H3,(H2,18,21,22). The number of benzene rings is 2. The number of nitrogens with two attached hydrogens (primary N) is 1. The molecule has 2 aromatic carbocycles. The molecular weight excluding hydrogens is 362 g/mol. The lowest BCUT2D eigenvalue weighted by Gasteiger charge is -2.09. The van der Waals surface area contributed by atoms with Gasteiger partial charge in [-0.25, -0.2) is 23.1 Å². The van der Waals surface area contributed by atoms with E-state index in [2.05, 4.69) is 0 Å². The summed E-state index contributed by atoms with van der Waals surface area (Å²) in [4.78, 5) is 23.4. The summed E-state index contributed by atoms with van der Waals surface area (Å²) < 4.78 is 37.9. The number of sulfonamides is 1. The Morgan fingerprint density at radius 3 is 2.04 bits per heavy atom. The average molecular weight is 379 g/mol. The van der Waals surface area contributed by atoms with E-state index in [-0.39, 0.29) is 29.4 Å². The zero-order valence-corrected chi connectivity index (χ0v) is 14.7. The average Bonchev–Trinajstić information content (AvgIpc) is 2.64. The zero-order chi connectivity index (χ0) is 19.2. The summed E-state index contributed by atoms with van der Waals surface area (Å²) in [5, 5.41) is 5.10. The van der Waals surface area contributed by atoms with Crippen LogP contribution in [0.1, 0.15) is 20.7 Å². The Kier molecular flexibility index (Phi) is 6.31. The number of carbonyl (C=O) groups excluding carboxylic acids is 2. The van der Waals surface area contributed by atoms with Gasteiger partial charge in [-0.1, -0.05) is 18.2 Å². The van der Waals surface area contributed by atoms with Gasteiger partial charge in [0.1, 0.15) is 23.9 Å². The first-order chi connectivity index (χ1) is 12.3. The number of primary sulfonamides is 1. The van der Waals surface area contributed by atoms with E-state index in [4.69, 9.17) is 19.3 Å². The largest absolute Gasteiger partial charge is 0.495 e. The van der Waals surface area contributed by atoms with Crippen molar-refractivity contribution in [1.82, 2.24) is 0 Å². The predicted molar refractivity (Wildman–Crippen MR) is 91.4 cm³/mol. The lowest BCUT2D eigenvalue weighted by molar-refractivity contribution is 0.0265. The zero-order valence-electron chi connectivity index (χ0n) is 13.9. The molecule has 0 radical (unpaired) electrons. The van der Waals surface area contributed by atoms with Crippen LogP contribution in [0.5, 0.6) is 5.75 Å². The Morgan fingerprint density at radius 1 is 0.923 bits per heavy atom. The Balaban J connectivity index is 1.93. The summed E-state index contributed by atoms with van der Waals surface area (Å²) in [6, 6.07) is 12.1. The molecule has 0 saturated heterocycles. The van der Waals surface area contributed by atoms with E-state index >= 15 is 0 Å². The van der Waals surface area contributed by atoms with E-state index in [0.717, 1.165) is 6.07 Å². The van der Waals surface area contributed by atoms with Crippen LogP contribution in [0, 0.1) is 0 Å². The van der Waals surface area contributed by atoms with Gasteiger partial charge in [0.25, 0.3) is 0 Å². The van der Waals surface area contributed by atoms with Gasteiger partial charge in [-0.3, -0.25) is 0 Å². The molecule has 0 aromatic heterocycles. The minimum absolute atomic E-state index is 0.0147. The molecule has 9 heteroatoms. The fraction of sp³-hybridized carbons (Fsp3) is 0.176. The van der Waals surface area contributed by atoms with Gasteiger partial charge in [0.05, 0.1) is 18.2 Å². The molecule has 0 unspecified atom stereocenters. The molecule has 26 heavy (non-hydrogen) atoms. The van der Waals surface area contributed by atoms with Crippen molar-refractivity contribution >= 4 is 22.0 Å². The van der Waals surface area contributed by atoms with E-state index in [1.165, 1.54) is 19.2 Å². The number of ether oxygens (including phenoxy) is 3. The third-order valence-electron chi connectivity index (χ3n) is 3.26. The third kappa shape index (κ3) is 5.04. The number of rotatable bonds is 7. The van der Waals surface area contributed by atoms with Gasteiger partial charge < -0.3 is 14.2 Å². The van der Waals surface area contributed by atoms with Crippen molar-refractivity contribution in [2.24, 2.45) is 5.14 Å². The molecule has 0 spiro atoms. The van der Waals surface area contributed by atoms with E-state index in [0.29, 0.717) is 5.56 Å². The van der Waals surface area contributed by atoms with Crippen LogP contribution in [-0.4, -0.2) is 40.7 Å². The van der Waals surface area contributed by atoms with Crippen molar-refractivity contribution in [3.63, 3.8) is 0 Å². The maximum Gasteiger partial charge on any atom is 0.338 e. The van der Waals surface area contributed by atoms with Crippen molar-refractivity contribution < 1.29 is 32.2 Å². The first-order valence-electron chi connectivity index (χ1n) is 7.43. The van der Waals surface area contributed by atoms with Crippen LogP contribution in [0.4, 0.5) is 0 Å². The topological polar surface area (TPSA) is 122 Å². The van der Waals surface area contributed by atoms with Crippen LogP contribution >= 0.6 is 0 Å². The summed E-state index contributed by atoms with van der Waals surface area (Å²) in [7, 11) is -2.79. The summed E-state index contributed by atoms with van der Waals surface area (Å²) in [5.41, 5.74) is 0.357. The van der Waals surface area contributed by atoms with Crippen molar-refractivity contribution in [3.8, 4) is 5.75 Å². The Morgan fingerprint density at radius 2 is 1.50 bits per heavy atom. The van der Waals surface area contributed by atoms with Crippen LogP contribution in [0.3, 0.4) is 0 Å². The Labute approximate surface area is 150 Å². The number of carbonyl (C=O) groups is 2. The number of methoxy groups -OCH3 is 1. The lowest BCUT2D eigenvalue weighted by Crippen LogP contribution is -2.16. The maximum absolute atomic E-state index is 12.0. The molecule has 0 atom stereocenters. The first-order valence-corrected chi connectivity index (χ1v) is 8.97. The number of esters is 2. The van der Waals surface area contributed by atoms with Gasteiger partial charge in [0, 0.05) is 0 Å².